The van der Waals surface area contributed by atoms with Gasteiger partial charge in [0, 0.05) is 25.2 Å². The van der Waals surface area contributed by atoms with Crippen molar-refractivity contribution in [2.45, 2.75) is 63.1 Å². The molecule has 1 unspecified atom stereocenters. The predicted octanol–water partition coefficient (Wildman–Crippen LogP) is 1.65. The van der Waals surface area contributed by atoms with Crippen molar-refractivity contribution < 1.29 is 5.11 Å². The Labute approximate surface area is 108 Å². The van der Waals surface area contributed by atoms with Gasteiger partial charge in [0.2, 0.25) is 0 Å². The molecule has 4 nitrogen and oxygen atoms in total. The van der Waals surface area contributed by atoms with Gasteiger partial charge in [-0.2, -0.15) is 5.10 Å². The molecular formula is C14H23N3O. The highest BCUT2D eigenvalue weighted by atomic mass is 16.3. The van der Waals surface area contributed by atoms with Gasteiger partial charge >= 0.3 is 0 Å². The molecule has 2 fully saturated rings. The monoisotopic (exact) mass is 249 g/mol. The van der Waals surface area contributed by atoms with Crippen LogP contribution < -0.4 is 5.32 Å². The molecule has 2 aliphatic rings. The van der Waals surface area contributed by atoms with Crippen LogP contribution in [0.4, 0.5) is 0 Å². The van der Waals surface area contributed by atoms with Crippen LogP contribution >= 0.6 is 0 Å². The minimum Gasteiger partial charge on any atom is -0.391 e. The second-order valence-electron chi connectivity index (χ2n) is 5.77. The van der Waals surface area contributed by atoms with Gasteiger partial charge < -0.3 is 10.4 Å². The number of rotatable bonds is 6. The van der Waals surface area contributed by atoms with Gasteiger partial charge in [0.15, 0.2) is 0 Å². The number of nitrogens with one attached hydrogen (secondary N) is 1. The summed E-state index contributed by atoms with van der Waals surface area (Å²) >= 11 is 0. The highest BCUT2D eigenvalue weighted by Crippen LogP contribution is 2.28. The van der Waals surface area contributed by atoms with Crippen molar-refractivity contribution in [1.29, 1.82) is 0 Å². The molecule has 0 radical (unpaired) electrons. The summed E-state index contributed by atoms with van der Waals surface area (Å²) < 4.78 is 2.10. The molecule has 3 rings (SSSR count). The van der Waals surface area contributed by atoms with Crippen molar-refractivity contribution in [3.05, 3.63) is 18.0 Å². The molecule has 1 aromatic heterocycles. The Morgan fingerprint density at radius 2 is 2.11 bits per heavy atom. The molecule has 18 heavy (non-hydrogen) atoms. The van der Waals surface area contributed by atoms with E-state index < -0.39 is 0 Å². The minimum atomic E-state index is -0.308. The van der Waals surface area contributed by atoms with Crippen molar-refractivity contribution in [3.8, 4) is 0 Å². The van der Waals surface area contributed by atoms with Crippen LogP contribution in [0.3, 0.4) is 0 Å². The summed E-state index contributed by atoms with van der Waals surface area (Å²) in [5, 5.41) is 17.9. The topological polar surface area (TPSA) is 50.1 Å². The number of hydrogen-bond donors (Lipinski definition) is 2. The lowest BCUT2D eigenvalue weighted by atomic mass is 10.2. The maximum atomic E-state index is 9.94. The van der Waals surface area contributed by atoms with Crippen LogP contribution in [-0.2, 0) is 6.42 Å². The van der Waals surface area contributed by atoms with E-state index in [1.165, 1.54) is 38.5 Å². The summed E-state index contributed by atoms with van der Waals surface area (Å²) in [6.07, 6.45) is 10.1. The summed E-state index contributed by atoms with van der Waals surface area (Å²) in [6, 6.07) is 3.31. The zero-order valence-corrected chi connectivity index (χ0v) is 10.9. The largest absolute Gasteiger partial charge is 0.391 e. The second-order valence-corrected chi connectivity index (χ2v) is 5.77. The van der Waals surface area contributed by atoms with Gasteiger partial charge in [0.1, 0.15) is 0 Å². The van der Waals surface area contributed by atoms with Gasteiger partial charge in [-0.1, -0.05) is 12.8 Å². The van der Waals surface area contributed by atoms with Crippen molar-refractivity contribution in [1.82, 2.24) is 15.1 Å². The normalized spacial score (nSPS) is 22.5. The molecule has 1 aromatic rings. The van der Waals surface area contributed by atoms with Crippen molar-refractivity contribution in [3.63, 3.8) is 0 Å². The maximum absolute atomic E-state index is 9.94. The molecule has 4 heteroatoms. The molecule has 0 saturated heterocycles. The number of nitrogens with zero attached hydrogens (tertiary/aromatic N) is 2. The third-order valence-corrected chi connectivity index (χ3v) is 4.03. The average molecular weight is 249 g/mol. The third-order valence-electron chi connectivity index (χ3n) is 4.03. The quantitative estimate of drug-likeness (QED) is 0.806. The lowest BCUT2D eigenvalue weighted by Crippen LogP contribution is -2.30. The lowest BCUT2D eigenvalue weighted by Gasteiger charge is -2.11. The zero-order valence-electron chi connectivity index (χ0n) is 10.9. The van der Waals surface area contributed by atoms with E-state index in [-0.39, 0.29) is 6.10 Å². The van der Waals surface area contributed by atoms with Crippen LogP contribution in [0.15, 0.2) is 12.3 Å². The Balaban J connectivity index is 1.48. The molecule has 0 spiro atoms. The average Bonchev–Trinajstić information content (AvgIpc) is 2.85. The molecule has 0 amide bonds. The molecule has 1 heterocycles. The van der Waals surface area contributed by atoms with E-state index in [2.05, 4.69) is 27.4 Å². The minimum absolute atomic E-state index is 0.308. The highest BCUT2D eigenvalue weighted by molar-refractivity contribution is 5.02. The molecule has 1 atom stereocenters. The summed E-state index contributed by atoms with van der Waals surface area (Å²) in [5.74, 6) is 0. The second kappa shape index (κ2) is 5.41. The number of aliphatic hydroxyl groups is 1. The van der Waals surface area contributed by atoms with Gasteiger partial charge in [-0.3, -0.25) is 4.68 Å². The Morgan fingerprint density at radius 1 is 1.33 bits per heavy atom. The fraction of sp³-hybridized carbons (Fsp3) is 0.786. The molecule has 0 bridgehead atoms. The summed E-state index contributed by atoms with van der Waals surface area (Å²) in [6.45, 7) is 0.695. The Bertz CT molecular complexity index is 380. The van der Waals surface area contributed by atoms with Crippen LogP contribution in [0.5, 0.6) is 0 Å². The SMILES string of the molecule is OC(CNC1CC1)Cc1ccn(C2CCCC2)n1. The van der Waals surface area contributed by atoms with E-state index in [1.807, 2.05) is 0 Å². The van der Waals surface area contributed by atoms with Crippen LogP contribution in [0, 0.1) is 0 Å². The van der Waals surface area contributed by atoms with Crippen LogP contribution in [0.25, 0.3) is 0 Å². The van der Waals surface area contributed by atoms with E-state index in [0.717, 1.165) is 5.69 Å². The van der Waals surface area contributed by atoms with Gasteiger partial charge in [-0.05, 0) is 31.7 Å². The first-order valence-electron chi connectivity index (χ1n) is 7.27. The zero-order chi connectivity index (χ0) is 12.4. The van der Waals surface area contributed by atoms with E-state index in [9.17, 15) is 5.11 Å². The summed E-state index contributed by atoms with van der Waals surface area (Å²) in [5.41, 5.74) is 1.02. The molecular weight excluding hydrogens is 226 g/mol. The first-order valence-corrected chi connectivity index (χ1v) is 7.27. The van der Waals surface area contributed by atoms with E-state index in [1.54, 1.807) is 0 Å². The molecule has 2 N–H and O–H groups in total. The Morgan fingerprint density at radius 3 is 2.83 bits per heavy atom. The Kier molecular flexibility index (Phi) is 3.66. The number of aliphatic hydroxyl groups excluding tert-OH is 1. The maximum Gasteiger partial charge on any atom is 0.0720 e. The molecule has 100 valence electrons. The first-order chi connectivity index (χ1) is 8.81. The van der Waals surface area contributed by atoms with Gasteiger partial charge in [0.25, 0.3) is 0 Å². The van der Waals surface area contributed by atoms with Crippen molar-refractivity contribution in [2.24, 2.45) is 0 Å². The predicted molar refractivity (Wildman–Crippen MR) is 70.5 cm³/mol. The van der Waals surface area contributed by atoms with E-state index in [4.69, 9.17) is 0 Å². The summed E-state index contributed by atoms with van der Waals surface area (Å²) in [7, 11) is 0. The van der Waals surface area contributed by atoms with Gasteiger partial charge in [-0.15, -0.1) is 0 Å². The summed E-state index contributed by atoms with van der Waals surface area (Å²) in [4.78, 5) is 0. The van der Waals surface area contributed by atoms with E-state index >= 15 is 0 Å². The molecule has 0 aromatic carbocycles. The van der Waals surface area contributed by atoms with Crippen LogP contribution in [0.1, 0.15) is 50.3 Å². The lowest BCUT2D eigenvalue weighted by molar-refractivity contribution is 0.170. The van der Waals surface area contributed by atoms with Crippen molar-refractivity contribution in [2.75, 3.05) is 6.54 Å². The third kappa shape index (κ3) is 3.12. The standard InChI is InChI=1S/C14H23N3O/c18-14(10-15-11-5-6-11)9-12-7-8-17(16-12)13-3-1-2-4-13/h7-8,11,13-15,18H,1-6,9-10H2. The number of aromatic nitrogens is 2. The van der Waals surface area contributed by atoms with E-state index in [0.29, 0.717) is 25.0 Å². The molecule has 0 aliphatic heterocycles. The number of hydrogen-bond acceptors (Lipinski definition) is 3. The van der Waals surface area contributed by atoms with Crippen LogP contribution in [0.2, 0.25) is 0 Å². The van der Waals surface area contributed by atoms with Crippen molar-refractivity contribution >= 4 is 0 Å². The van der Waals surface area contributed by atoms with Gasteiger partial charge in [0.05, 0.1) is 17.8 Å². The van der Waals surface area contributed by atoms with Gasteiger partial charge in [-0.25, -0.2) is 0 Å². The fourth-order valence-electron chi connectivity index (χ4n) is 2.76. The molecule has 2 aliphatic carbocycles. The van der Waals surface area contributed by atoms with Crippen LogP contribution in [-0.4, -0.2) is 33.6 Å². The first kappa shape index (κ1) is 12.2. The highest BCUT2D eigenvalue weighted by Gasteiger charge is 2.22. The smallest absolute Gasteiger partial charge is 0.0720 e. The Hall–Kier alpha value is -0.870. The fourth-order valence-corrected chi connectivity index (χ4v) is 2.76. The molecule has 2 saturated carbocycles.